The molecule has 0 aromatic carbocycles. The topological polar surface area (TPSA) is 70.0 Å². The molecule has 6 heteroatoms. The van der Waals surface area contributed by atoms with Crippen molar-refractivity contribution in [1.29, 1.82) is 0 Å². The lowest BCUT2D eigenvalue weighted by atomic mass is 9.77. The van der Waals surface area contributed by atoms with Crippen LogP contribution >= 0.6 is 0 Å². The zero-order valence-electron chi connectivity index (χ0n) is 12.0. The Morgan fingerprint density at radius 1 is 1.24 bits per heavy atom. The Balaban J connectivity index is 1.44. The molecule has 0 spiro atoms. The maximum absolute atomic E-state index is 10.4. The van der Waals surface area contributed by atoms with Crippen LogP contribution in [0.3, 0.4) is 0 Å². The van der Waals surface area contributed by atoms with Gasteiger partial charge in [0.15, 0.2) is 0 Å². The summed E-state index contributed by atoms with van der Waals surface area (Å²) in [5, 5.41) is 14.7. The fourth-order valence-electron chi connectivity index (χ4n) is 3.99. The lowest BCUT2D eigenvalue weighted by molar-refractivity contribution is 0.0306. The van der Waals surface area contributed by atoms with Crippen LogP contribution in [-0.4, -0.2) is 48.9 Å². The second-order valence-corrected chi connectivity index (χ2v) is 6.34. The van der Waals surface area contributed by atoms with Crippen LogP contribution in [-0.2, 0) is 6.54 Å². The highest BCUT2D eigenvalue weighted by molar-refractivity contribution is 4.97. The van der Waals surface area contributed by atoms with Gasteiger partial charge in [0.25, 0.3) is 0 Å². The number of H-pyrrole nitrogens is 1. The number of aliphatic hydroxyl groups excluding tert-OH is 1. The van der Waals surface area contributed by atoms with Crippen LogP contribution in [0.25, 0.3) is 0 Å². The first-order valence-electron chi connectivity index (χ1n) is 7.67. The third-order valence-corrected chi connectivity index (χ3v) is 4.98. The third kappa shape index (κ3) is 2.49. The zero-order valence-corrected chi connectivity index (χ0v) is 12.0. The Morgan fingerprint density at radius 3 is 2.81 bits per heavy atom. The van der Waals surface area contributed by atoms with Gasteiger partial charge in [-0.2, -0.15) is 5.10 Å². The lowest BCUT2D eigenvalue weighted by Crippen LogP contribution is -2.36. The van der Waals surface area contributed by atoms with E-state index in [-0.39, 0.29) is 12.1 Å². The van der Waals surface area contributed by atoms with Crippen LogP contribution in [0.1, 0.15) is 24.7 Å². The molecule has 2 fully saturated rings. The number of aromatic amines is 1. The molecule has 0 radical (unpaired) electrons. The van der Waals surface area contributed by atoms with E-state index in [2.05, 4.69) is 20.0 Å². The van der Waals surface area contributed by atoms with Gasteiger partial charge in [-0.3, -0.25) is 9.58 Å². The number of rotatable bonds is 3. The summed E-state index contributed by atoms with van der Waals surface area (Å²) >= 11 is 0. The van der Waals surface area contributed by atoms with Gasteiger partial charge >= 0.3 is 0 Å². The van der Waals surface area contributed by atoms with Crippen molar-refractivity contribution in [2.24, 2.45) is 11.8 Å². The number of nitrogens with zero attached hydrogens (tertiary/aromatic N) is 4. The van der Waals surface area contributed by atoms with Crippen molar-refractivity contribution in [2.75, 3.05) is 13.1 Å². The minimum absolute atomic E-state index is 0.129. The van der Waals surface area contributed by atoms with Gasteiger partial charge in [-0.05, 0) is 30.7 Å². The number of nitrogens with one attached hydrogen (secondary N) is 1. The molecule has 2 N–H and O–H groups in total. The summed E-state index contributed by atoms with van der Waals surface area (Å²) in [6, 6.07) is 2.06. The normalized spacial score (nSPS) is 33.2. The van der Waals surface area contributed by atoms with E-state index in [0.717, 1.165) is 38.3 Å². The predicted molar refractivity (Wildman–Crippen MR) is 77.3 cm³/mol. The minimum Gasteiger partial charge on any atom is -0.391 e. The number of hydrogen-bond acceptors (Lipinski definition) is 4. The Bertz CT molecular complexity index is 567. The highest BCUT2D eigenvalue weighted by atomic mass is 16.3. The molecule has 1 saturated carbocycles. The molecular weight excluding hydrogens is 266 g/mol. The molecule has 3 heterocycles. The van der Waals surface area contributed by atoms with Crippen molar-refractivity contribution in [2.45, 2.75) is 31.5 Å². The first-order valence-corrected chi connectivity index (χ1v) is 7.67. The molecule has 4 atom stereocenters. The highest BCUT2D eigenvalue weighted by Crippen LogP contribution is 2.41. The predicted octanol–water partition coefficient (Wildman–Crippen LogP) is 1.05. The van der Waals surface area contributed by atoms with E-state index in [1.165, 1.54) is 0 Å². The van der Waals surface area contributed by atoms with Crippen molar-refractivity contribution in [1.82, 2.24) is 24.6 Å². The fourth-order valence-corrected chi connectivity index (χ4v) is 3.99. The number of fused-ring (bicyclic) bond motifs is 1. The van der Waals surface area contributed by atoms with Crippen molar-refractivity contribution < 1.29 is 5.11 Å². The second-order valence-electron chi connectivity index (χ2n) is 6.34. The van der Waals surface area contributed by atoms with Gasteiger partial charge in [0.05, 0.1) is 18.7 Å². The van der Waals surface area contributed by atoms with E-state index in [1.807, 2.05) is 23.1 Å². The van der Waals surface area contributed by atoms with Crippen LogP contribution in [0.15, 0.2) is 30.9 Å². The molecule has 4 rings (SSSR count). The van der Waals surface area contributed by atoms with Crippen LogP contribution in [0.2, 0.25) is 0 Å². The summed E-state index contributed by atoms with van der Waals surface area (Å²) in [6.07, 6.45) is 9.04. The first-order chi connectivity index (χ1) is 10.3. The van der Waals surface area contributed by atoms with Gasteiger partial charge in [0, 0.05) is 37.9 Å². The van der Waals surface area contributed by atoms with Gasteiger partial charge in [0.1, 0.15) is 5.82 Å². The van der Waals surface area contributed by atoms with Crippen molar-refractivity contribution in [3.8, 4) is 0 Å². The van der Waals surface area contributed by atoms with Crippen LogP contribution < -0.4 is 0 Å². The van der Waals surface area contributed by atoms with Gasteiger partial charge in [-0.15, -0.1) is 0 Å². The number of hydrogen-bond donors (Lipinski definition) is 2. The van der Waals surface area contributed by atoms with Gasteiger partial charge in [-0.1, -0.05) is 0 Å². The maximum Gasteiger partial charge on any atom is 0.120 e. The van der Waals surface area contributed by atoms with E-state index < -0.39 is 0 Å². The molecule has 2 aromatic heterocycles. The number of imidazole rings is 1. The number of aromatic nitrogens is 4. The molecule has 6 nitrogen and oxygen atoms in total. The molecule has 1 saturated heterocycles. The SMILES string of the molecule is O[C@H]1C[C@@H]2CN(Cc3ncc[nH]3)C[C@@H]2C[C@@H]1n1cccn1. The van der Waals surface area contributed by atoms with E-state index in [1.54, 1.807) is 12.4 Å². The summed E-state index contributed by atoms with van der Waals surface area (Å²) in [6.45, 7) is 3.03. The Kier molecular flexibility index (Phi) is 3.27. The lowest BCUT2D eigenvalue weighted by Gasteiger charge is -2.35. The summed E-state index contributed by atoms with van der Waals surface area (Å²) < 4.78 is 1.93. The van der Waals surface area contributed by atoms with E-state index in [4.69, 9.17) is 0 Å². The molecule has 21 heavy (non-hydrogen) atoms. The van der Waals surface area contributed by atoms with E-state index in [0.29, 0.717) is 11.8 Å². The molecule has 0 amide bonds. The summed E-state index contributed by atoms with van der Waals surface area (Å²) in [5.74, 6) is 2.28. The van der Waals surface area contributed by atoms with E-state index >= 15 is 0 Å². The van der Waals surface area contributed by atoms with E-state index in [9.17, 15) is 5.11 Å². The first kappa shape index (κ1) is 13.0. The summed E-state index contributed by atoms with van der Waals surface area (Å²) in [5.41, 5.74) is 0. The van der Waals surface area contributed by atoms with Crippen molar-refractivity contribution >= 4 is 0 Å². The van der Waals surface area contributed by atoms with Gasteiger partial charge in [0.2, 0.25) is 0 Å². The molecule has 1 aliphatic heterocycles. The Morgan fingerprint density at radius 2 is 2.10 bits per heavy atom. The molecule has 0 unspecified atom stereocenters. The van der Waals surface area contributed by atoms with Crippen LogP contribution in [0.5, 0.6) is 0 Å². The summed E-state index contributed by atoms with van der Waals surface area (Å²) in [7, 11) is 0. The Labute approximate surface area is 123 Å². The van der Waals surface area contributed by atoms with Crippen molar-refractivity contribution in [3.05, 3.63) is 36.7 Å². The smallest absolute Gasteiger partial charge is 0.120 e. The average Bonchev–Trinajstić information content (AvgIpc) is 3.17. The monoisotopic (exact) mass is 287 g/mol. The fraction of sp³-hybridized carbons (Fsp3) is 0.600. The van der Waals surface area contributed by atoms with Gasteiger partial charge in [-0.25, -0.2) is 4.98 Å². The average molecular weight is 287 g/mol. The molecule has 2 aliphatic rings. The standard InChI is InChI=1S/C15H21N5O/c21-14-7-12-9-19(10-15-16-3-4-17-15)8-11(12)6-13(14)20-5-1-2-18-20/h1-5,11-14,21H,6-10H2,(H,16,17)/t11-,12+,13-,14-/m0/s1. The number of aliphatic hydroxyl groups is 1. The third-order valence-electron chi connectivity index (χ3n) is 4.98. The maximum atomic E-state index is 10.4. The highest BCUT2D eigenvalue weighted by Gasteiger charge is 2.42. The second kappa shape index (κ2) is 5.27. The Hall–Kier alpha value is -1.66. The quantitative estimate of drug-likeness (QED) is 0.885. The molecule has 1 aliphatic carbocycles. The largest absolute Gasteiger partial charge is 0.391 e. The van der Waals surface area contributed by atoms with Crippen LogP contribution in [0, 0.1) is 11.8 Å². The molecular formula is C15H21N5O. The van der Waals surface area contributed by atoms with Gasteiger partial charge < -0.3 is 10.1 Å². The number of likely N-dealkylation sites (tertiary alicyclic amines) is 1. The molecule has 2 aromatic rings. The minimum atomic E-state index is -0.283. The van der Waals surface area contributed by atoms with Crippen molar-refractivity contribution in [3.63, 3.8) is 0 Å². The molecule has 0 bridgehead atoms. The zero-order chi connectivity index (χ0) is 14.2. The van der Waals surface area contributed by atoms with Crippen LogP contribution in [0.4, 0.5) is 0 Å². The summed E-state index contributed by atoms with van der Waals surface area (Å²) in [4.78, 5) is 9.93. The molecule has 112 valence electrons.